The van der Waals surface area contributed by atoms with Gasteiger partial charge in [-0.3, -0.25) is 4.98 Å². The Kier molecular flexibility index (Phi) is 6.59. The summed E-state index contributed by atoms with van der Waals surface area (Å²) < 4.78 is 2.66. The molecule has 1 spiro atoms. The summed E-state index contributed by atoms with van der Waals surface area (Å²) in [5.41, 5.74) is 17.8. The summed E-state index contributed by atoms with van der Waals surface area (Å²) in [5, 5.41) is 7.72. The van der Waals surface area contributed by atoms with Gasteiger partial charge in [-0.05, 0) is 118 Å². The van der Waals surface area contributed by atoms with Gasteiger partial charge in [0.2, 0.25) is 0 Å². The molecule has 2 aliphatic rings. The van der Waals surface area contributed by atoms with E-state index in [0.29, 0.717) is 0 Å². The molecular weight excluding hydrogens is 719 g/mol. The van der Waals surface area contributed by atoms with Gasteiger partial charge in [-0.2, -0.15) is 0 Å². The Balaban J connectivity index is 1.14. The molecule has 268 valence electrons. The minimum Gasteiger partial charge on any atom is -0.265 e. The van der Waals surface area contributed by atoms with E-state index in [4.69, 9.17) is 0 Å². The largest absolute Gasteiger partial charge is 0.265 e. The average Bonchev–Trinajstić information content (AvgIpc) is 3.92. The van der Waals surface area contributed by atoms with Crippen LogP contribution in [0, 0.1) is 0 Å². The Bertz CT molecular complexity index is 3400. The molecule has 13 rings (SSSR count). The number of aromatic nitrogens is 1. The molecule has 0 saturated carbocycles. The van der Waals surface area contributed by atoms with Gasteiger partial charge in [0.05, 0.1) is 5.41 Å². The molecule has 0 N–H and O–H groups in total. The van der Waals surface area contributed by atoms with Gasteiger partial charge in [-0.15, -0.1) is 11.3 Å². The van der Waals surface area contributed by atoms with E-state index in [2.05, 4.69) is 193 Å². The lowest BCUT2D eigenvalue weighted by Crippen LogP contribution is -2.25. The minimum atomic E-state index is -0.462. The fourth-order valence-electron chi connectivity index (χ4n) is 10.7. The Morgan fingerprint density at radius 1 is 0.328 bits per heavy atom. The van der Waals surface area contributed by atoms with Crippen LogP contribution in [0.15, 0.2) is 200 Å². The second-order valence-electron chi connectivity index (χ2n) is 15.7. The van der Waals surface area contributed by atoms with Crippen molar-refractivity contribution in [2.75, 3.05) is 0 Å². The summed E-state index contributed by atoms with van der Waals surface area (Å²) in [6.07, 6.45) is 3.75. The third-order valence-electron chi connectivity index (χ3n) is 13.0. The lowest BCUT2D eigenvalue weighted by Gasteiger charge is -2.31. The molecule has 58 heavy (non-hydrogen) atoms. The molecule has 0 fully saturated rings. The van der Waals surface area contributed by atoms with Crippen LogP contribution < -0.4 is 0 Å². The summed E-state index contributed by atoms with van der Waals surface area (Å²) in [4.78, 5) is 4.27. The Hall–Kier alpha value is -7.13. The van der Waals surface area contributed by atoms with E-state index in [0.717, 1.165) is 0 Å². The van der Waals surface area contributed by atoms with E-state index in [-0.39, 0.29) is 0 Å². The lowest BCUT2D eigenvalue weighted by atomic mass is 9.70. The van der Waals surface area contributed by atoms with Gasteiger partial charge < -0.3 is 0 Å². The maximum Gasteiger partial charge on any atom is 0.0726 e. The van der Waals surface area contributed by atoms with Crippen molar-refractivity contribution in [3.8, 4) is 55.6 Å². The molecule has 2 aliphatic carbocycles. The molecule has 2 heteroatoms. The average molecular weight is 752 g/mol. The molecule has 0 radical (unpaired) electrons. The van der Waals surface area contributed by atoms with Gasteiger partial charge >= 0.3 is 0 Å². The molecule has 0 atom stereocenters. The first kappa shape index (κ1) is 32.0. The van der Waals surface area contributed by atoms with Crippen molar-refractivity contribution in [2.45, 2.75) is 5.41 Å². The van der Waals surface area contributed by atoms with E-state index in [9.17, 15) is 0 Å². The van der Waals surface area contributed by atoms with Crippen LogP contribution in [0.1, 0.15) is 22.3 Å². The third-order valence-corrected chi connectivity index (χ3v) is 14.2. The van der Waals surface area contributed by atoms with Gasteiger partial charge in [-0.1, -0.05) is 164 Å². The summed E-state index contributed by atoms with van der Waals surface area (Å²) in [7, 11) is 0. The second kappa shape index (κ2) is 11.9. The highest BCUT2D eigenvalue weighted by Gasteiger charge is 2.52. The van der Waals surface area contributed by atoms with E-state index in [1.165, 1.54) is 120 Å². The van der Waals surface area contributed by atoms with Crippen molar-refractivity contribution in [1.82, 2.24) is 4.98 Å². The van der Waals surface area contributed by atoms with Crippen molar-refractivity contribution in [3.63, 3.8) is 0 Å². The SMILES string of the molecule is c1ccc(-c2c3ccccc3c(-c3ccc4c(c3)C3(c5ccccc5-c5ccccc53)c3ccc5c(sc6cc(-c7ccncc7)ccc65)c3-4)c3ccccc23)cc1. The predicted octanol–water partition coefficient (Wildman–Crippen LogP) is 15.1. The molecule has 0 aliphatic heterocycles. The summed E-state index contributed by atoms with van der Waals surface area (Å²) >= 11 is 1.93. The number of thiophene rings is 1. The number of nitrogens with zero attached hydrogens (tertiary/aromatic N) is 1. The minimum absolute atomic E-state index is 0.462. The standard InChI is InChI=1S/C56H33NS/c1-2-12-35(13-3-1)52-41-16-4-6-18-43(41)53(44-19-7-5-17-42(44)52)37-23-25-46-50(32-37)56(47-20-10-8-14-38(47)39-15-9-11-21-48(39)56)49-27-26-45-40-24-22-36(34-28-30-57-31-29-34)33-51(40)58-55(45)54(46)49/h1-33H. The molecule has 0 bridgehead atoms. The maximum absolute atomic E-state index is 4.27. The van der Waals surface area contributed by atoms with Gasteiger partial charge in [-0.25, -0.2) is 0 Å². The number of hydrogen-bond acceptors (Lipinski definition) is 2. The van der Waals surface area contributed by atoms with E-state index in [1.807, 2.05) is 23.7 Å². The number of rotatable bonds is 3. The van der Waals surface area contributed by atoms with Crippen molar-refractivity contribution in [2.24, 2.45) is 0 Å². The third kappa shape index (κ3) is 4.17. The van der Waals surface area contributed by atoms with Crippen LogP contribution in [0.25, 0.3) is 97.4 Å². The zero-order valence-corrected chi connectivity index (χ0v) is 32.2. The van der Waals surface area contributed by atoms with Crippen molar-refractivity contribution in [3.05, 3.63) is 223 Å². The summed E-state index contributed by atoms with van der Waals surface area (Å²) in [6.45, 7) is 0. The smallest absolute Gasteiger partial charge is 0.0726 e. The highest BCUT2D eigenvalue weighted by atomic mass is 32.1. The second-order valence-corrected chi connectivity index (χ2v) is 16.8. The highest BCUT2D eigenvalue weighted by molar-refractivity contribution is 7.26. The first-order valence-corrected chi connectivity index (χ1v) is 20.8. The maximum atomic E-state index is 4.27. The predicted molar refractivity (Wildman–Crippen MR) is 245 cm³/mol. The molecule has 0 amide bonds. The molecule has 2 heterocycles. The lowest BCUT2D eigenvalue weighted by molar-refractivity contribution is 0.795. The number of benzene rings is 9. The van der Waals surface area contributed by atoms with Crippen molar-refractivity contribution < 1.29 is 0 Å². The first-order chi connectivity index (χ1) is 28.8. The first-order valence-electron chi connectivity index (χ1n) is 20.0. The van der Waals surface area contributed by atoms with Crippen molar-refractivity contribution >= 4 is 53.1 Å². The zero-order valence-electron chi connectivity index (χ0n) is 31.4. The van der Waals surface area contributed by atoms with Crippen LogP contribution in [-0.4, -0.2) is 4.98 Å². The van der Waals surface area contributed by atoms with Crippen LogP contribution in [0.4, 0.5) is 0 Å². The Morgan fingerprint density at radius 2 is 0.897 bits per heavy atom. The summed E-state index contributed by atoms with van der Waals surface area (Å²) in [6, 6.07) is 70.6. The Labute approximate surface area is 340 Å². The quantitative estimate of drug-likeness (QED) is 0.164. The normalized spacial score (nSPS) is 13.3. The highest BCUT2D eigenvalue weighted by Crippen LogP contribution is 2.65. The fraction of sp³-hybridized carbons (Fsp3) is 0.0179. The van der Waals surface area contributed by atoms with Crippen LogP contribution in [0.5, 0.6) is 0 Å². The molecule has 2 aromatic heterocycles. The van der Waals surface area contributed by atoms with Crippen LogP contribution in [0.2, 0.25) is 0 Å². The monoisotopic (exact) mass is 751 g/mol. The molecule has 0 saturated heterocycles. The molecule has 9 aromatic carbocycles. The van der Waals surface area contributed by atoms with Crippen LogP contribution >= 0.6 is 11.3 Å². The molecule has 1 nitrogen and oxygen atoms in total. The number of fused-ring (bicyclic) bond motifs is 16. The van der Waals surface area contributed by atoms with Gasteiger partial charge in [0.25, 0.3) is 0 Å². The molecule has 11 aromatic rings. The van der Waals surface area contributed by atoms with Gasteiger partial charge in [0.1, 0.15) is 0 Å². The van der Waals surface area contributed by atoms with Crippen LogP contribution in [-0.2, 0) is 5.41 Å². The molecule has 0 unspecified atom stereocenters. The van der Waals surface area contributed by atoms with Gasteiger partial charge in [0.15, 0.2) is 0 Å². The topological polar surface area (TPSA) is 12.9 Å². The number of hydrogen-bond donors (Lipinski definition) is 0. The van der Waals surface area contributed by atoms with E-state index >= 15 is 0 Å². The molecular formula is C56H33NS. The van der Waals surface area contributed by atoms with E-state index < -0.39 is 5.41 Å². The van der Waals surface area contributed by atoms with Gasteiger partial charge in [0, 0.05) is 38.1 Å². The van der Waals surface area contributed by atoms with Crippen LogP contribution in [0.3, 0.4) is 0 Å². The fourth-order valence-corrected chi connectivity index (χ4v) is 12.0. The van der Waals surface area contributed by atoms with E-state index in [1.54, 1.807) is 0 Å². The Morgan fingerprint density at radius 3 is 1.57 bits per heavy atom. The summed E-state index contributed by atoms with van der Waals surface area (Å²) in [5.74, 6) is 0. The van der Waals surface area contributed by atoms with Crippen molar-refractivity contribution in [1.29, 1.82) is 0 Å². The zero-order chi connectivity index (χ0) is 38.0. The number of pyridine rings is 1.